The topological polar surface area (TPSA) is 74.6 Å². The lowest BCUT2D eigenvalue weighted by molar-refractivity contribution is -0.143. The highest BCUT2D eigenvalue weighted by Crippen LogP contribution is 2.46. The smallest absolute Gasteiger partial charge is 0.306 e. The van der Waals surface area contributed by atoms with Gasteiger partial charge in [0.15, 0.2) is 0 Å². The van der Waals surface area contributed by atoms with E-state index in [4.69, 9.17) is 5.11 Å². The lowest BCUT2D eigenvalue weighted by Gasteiger charge is -2.12. The minimum absolute atomic E-state index is 0.213. The molecule has 114 valence electrons. The van der Waals surface area contributed by atoms with E-state index in [-0.39, 0.29) is 5.92 Å². The minimum atomic E-state index is -0.880. The van der Waals surface area contributed by atoms with Crippen LogP contribution < -0.4 is 0 Å². The Morgan fingerprint density at radius 3 is 2.45 bits per heavy atom. The van der Waals surface area contributed by atoms with Gasteiger partial charge >= 0.3 is 11.9 Å². The second kappa shape index (κ2) is 5.79. The van der Waals surface area contributed by atoms with E-state index in [9.17, 15) is 14.7 Å². The molecule has 2 aromatic carbocycles. The summed E-state index contributed by atoms with van der Waals surface area (Å²) in [5, 5.41) is 20.6. The zero-order valence-electron chi connectivity index (χ0n) is 12.1. The van der Waals surface area contributed by atoms with Crippen LogP contribution in [-0.2, 0) is 16.0 Å². The molecule has 22 heavy (non-hydrogen) atoms. The summed E-state index contributed by atoms with van der Waals surface area (Å²) < 4.78 is 0. The van der Waals surface area contributed by atoms with E-state index in [2.05, 4.69) is 6.07 Å². The number of hydrogen-bond acceptors (Lipinski definition) is 2. The van der Waals surface area contributed by atoms with Crippen molar-refractivity contribution < 1.29 is 19.8 Å². The van der Waals surface area contributed by atoms with Gasteiger partial charge in [-0.3, -0.25) is 9.59 Å². The van der Waals surface area contributed by atoms with Crippen LogP contribution >= 0.6 is 0 Å². The molecule has 4 nitrogen and oxygen atoms in total. The van der Waals surface area contributed by atoms with Crippen molar-refractivity contribution in [2.24, 2.45) is 17.8 Å². The second-order valence-corrected chi connectivity index (χ2v) is 6.01. The molecule has 1 saturated carbocycles. The van der Waals surface area contributed by atoms with E-state index in [1.807, 2.05) is 36.4 Å². The third-order valence-corrected chi connectivity index (χ3v) is 4.55. The molecule has 0 amide bonds. The zero-order valence-corrected chi connectivity index (χ0v) is 12.1. The highest BCUT2D eigenvalue weighted by Gasteiger charge is 2.50. The number of rotatable bonds is 6. The molecule has 0 bridgehead atoms. The van der Waals surface area contributed by atoms with Gasteiger partial charge in [-0.1, -0.05) is 42.5 Å². The van der Waals surface area contributed by atoms with Crippen LogP contribution in [0, 0.1) is 17.8 Å². The molecule has 4 heteroatoms. The quantitative estimate of drug-likeness (QED) is 0.859. The van der Waals surface area contributed by atoms with Gasteiger partial charge in [-0.15, -0.1) is 0 Å². The number of carbonyl (C=O) groups is 2. The van der Waals surface area contributed by atoms with Crippen molar-refractivity contribution in [1.29, 1.82) is 0 Å². The molecule has 2 N–H and O–H groups in total. The van der Waals surface area contributed by atoms with Crippen LogP contribution in [0.1, 0.15) is 18.4 Å². The van der Waals surface area contributed by atoms with Gasteiger partial charge in [0.2, 0.25) is 0 Å². The van der Waals surface area contributed by atoms with Gasteiger partial charge in [-0.2, -0.15) is 0 Å². The van der Waals surface area contributed by atoms with Crippen LogP contribution in [0.2, 0.25) is 0 Å². The standard InChI is InChI=1S/C18H18O4/c19-17(20)14(15-10-16(15)18(21)22)8-6-11-5-7-12-3-1-2-4-13(12)9-11/h1-5,7,9,14-16H,6,8,10H2,(H,19,20)(H,21,22). The predicted molar refractivity (Wildman–Crippen MR) is 82.6 cm³/mol. The van der Waals surface area contributed by atoms with Gasteiger partial charge in [0, 0.05) is 0 Å². The predicted octanol–water partition coefficient (Wildman–Crippen LogP) is 3.19. The number of aliphatic carboxylic acids is 2. The number of benzene rings is 2. The van der Waals surface area contributed by atoms with E-state index < -0.39 is 23.8 Å². The molecular weight excluding hydrogens is 280 g/mol. The van der Waals surface area contributed by atoms with Gasteiger partial charge in [-0.05, 0) is 41.5 Å². The molecule has 3 unspecified atom stereocenters. The first-order chi connectivity index (χ1) is 10.6. The third kappa shape index (κ3) is 2.96. The summed E-state index contributed by atoms with van der Waals surface area (Å²) in [5.41, 5.74) is 1.09. The van der Waals surface area contributed by atoms with Gasteiger partial charge in [-0.25, -0.2) is 0 Å². The molecule has 0 spiro atoms. The number of aryl methyl sites for hydroxylation is 1. The molecule has 0 heterocycles. The molecule has 1 fully saturated rings. The summed E-state index contributed by atoms with van der Waals surface area (Å²) in [5.74, 6) is -3.00. The fourth-order valence-corrected chi connectivity index (χ4v) is 3.18. The molecule has 0 saturated heterocycles. The highest BCUT2D eigenvalue weighted by molar-refractivity contribution is 5.83. The minimum Gasteiger partial charge on any atom is -0.481 e. The van der Waals surface area contributed by atoms with Crippen molar-refractivity contribution in [1.82, 2.24) is 0 Å². The number of carboxylic acid groups (broad SMARTS) is 2. The molecule has 3 atom stereocenters. The second-order valence-electron chi connectivity index (χ2n) is 6.01. The van der Waals surface area contributed by atoms with E-state index >= 15 is 0 Å². The van der Waals surface area contributed by atoms with Gasteiger partial charge in [0.1, 0.15) is 0 Å². The molecular formula is C18H18O4. The van der Waals surface area contributed by atoms with Crippen LogP contribution in [0.4, 0.5) is 0 Å². The van der Waals surface area contributed by atoms with E-state index in [0.717, 1.165) is 16.3 Å². The summed E-state index contributed by atoms with van der Waals surface area (Å²) >= 11 is 0. The molecule has 0 aliphatic heterocycles. The Kier molecular flexibility index (Phi) is 3.84. The lowest BCUT2D eigenvalue weighted by atomic mass is 9.93. The summed E-state index contributed by atoms with van der Waals surface area (Å²) in [6.45, 7) is 0. The van der Waals surface area contributed by atoms with Crippen LogP contribution in [-0.4, -0.2) is 22.2 Å². The number of hydrogen-bond donors (Lipinski definition) is 2. The van der Waals surface area contributed by atoms with Crippen molar-refractivity contribution in [3.8, 4) is 0 Å². The maximum absolute atomic E-state index is 11.4. The van der Waals surface area contributed by atoms with Gasteiger partial charge in [0.05, 0.1) is 11.8 Å². The number of fused-ring (bicyclic) bond motifs is 1. The van der Waals surface area contributed by atoms with Crippen LogP contribution in [0.15, 0.2) is 42.5 Å². The van der Waals surface area contributed by atoms with Crippen LogP contribution in [0.3, 0.4) is 0 Å². The largest absolute Gasteiger partial charge is 0.481 e. The zero-order chi connectivity index (χ0) is 15.7. The summed E-state index contributed by atoms with van der Waals surface area (Å²) in [4.78, 5) is 22.3. The normalized spacial score (nSPS) is 21.5. The van der Waals surface area contributed by atoms with Gasteiger partial charge in [0.25, 0.3) is 0 Å². The van der Waals surface area contributed by atoms with E-state index in [0.29, 0.717) is 19.3 Å². The fraction of sp³-hybridized carbons (Fsp3) is 0.333. The SMILES string of the molecule is O=C(O)C(CCc1ccc2ccccc2c1)C1CC1C(=O)O. The maximum Gasteiger partial charge on any atom is 0.306 e. The van der Waals surface area contributed by atoms with Crippen LogP contribution in [0.5, 0.6) is 0 Å². The molecule has 0 aromatic heterocycles. The average molecular weight is 298 g/mol. The van der Waals surface area contributed by atoms with Crippen molar-refractivity contribution in [2.75, 3.05) is 0 Å². The van der Waals surface area contributed by atoms with E-state index in [1.165, 1.54) is 0 Å². The summed E-state index contributed by atoms with van der Waals surface area (Å²) in [7, 11) is 0. The maximum atomic E-state index is 11.4. The lowest BCUT2D eigenvalue weighted by Crippen LogP contribution is -2.19. The van der Waals surface area contributed by atoms with Crippen molar-refractivity contribution in [2.45, 2.75) is 19.3 Å². The van der Waals surface area contributed by atoms with Crippen molar-refractivity contribution in [3.05, 3.63) is 48.0 Å². The average Bonchev–Trinajstić information content (AvgIpc) is 3.27. The Balaban J connectivity index is 1.69. The molecule has 1 aliphatic carbocycles. The van der Waals surface area contributed by atoms with E-state index in [1.54, 1.807) is 0 Å². The van der Waals surface area contributed by atoms with Crippen molar-refractivity contribution >= 4 is 22.7 Å². The monoisotopic (exact) mass is 298 g/mol. The molecule has 0 radical (unpaired) electrons. The summed E-state index contributed by atoms with van der Waals surface area (Å²) in [6.07, 6.45) is 1.64. The first kappa shape index (κ1) is 14.6. The molecule has 3 rings (SSSR count). The third-order valence-electron chi connectivity index (χ3n) is 4.55. The number of carboxylic acids is 2. The Bertz CT molecular complexity index is 722. The Morgan fingerprint density at radius 1 is 1.09 bits per heavy atom. The fourth-order valence-electron chi connectivity index (χ4n) is 3.18. The first-order valence-corrected chi connectivity index (χ1v) is 7.49. The first-order valence-electron chi connectivity index (χ1n) is 7.49. The molecule has 1 aliphatic rings. The highest BCUT2D eigenvalue weighted by atomic mass is 16.4. The molecule has 2 aromatic rings. The van der Waals surface area contributed by atoms with Crippen molar-refractivity contribution in [3.63, 3.8) is 0 Å². The van der Waals surface area contributed by atoms with Gasteiger partial charge < -0.3 is 10.2 Å². The Morgan fingerprint density at radius 2 is 1.82 bits per heavy atom. The van der Waals surface area contributed by atoms with Crippen LogP contribution in [0.25, 0.3) is 10.8 Å². The summed E-state index contributed by atoms with van der Waals surface area (Å²) in [6, 6.07) is 14.2. The Labute approximate surface area is 128 Å². The Hall–Kier alpha value is -2.36.